The van der Waals surface area contributed by atoms with Gasteiger partial charge in [0.05, 0.1) is 19.5 Å². The summed E-state index contributed by atoms with van der Waals surface area (Å²) in [5, 5.41) is 15.1. The van der Waals surface area contributed by atoms with Crippen LogP contribution in [0.2, 0.25) is 0 Å². The van der Waals surface area contributed by atoms with Crippen molar-refractivity contribution in [3.8, 4) is 0 Å². The van der Waals surface area contributed by atoms with Crippen molar-refractivity contribution in [2.45, 2.75) is 27.7 Å². The van der Waals surface area contributed by atoms with Gasteiger partial charge in [-0.05, 0) is 27.7 Å². The molecule has 16 heavy (non-hydrogen) atoms. The van der Waals surface area contributed by atoms with Gasteiger partial charge in [0.1, 0.15) is 0 Å². The van der Waals surface area contributed by atoms with E-state index in [9.17, 15) is 4.57 Å². The van der Waals surface area contributed by atoms with Crippen molar-refractivity contribution in [2.75, 3.05) is 32.7 Å². The van der Waals surface area contributed by atoms with Gasteiger partial charge < -0.3 is 25.0 Å². The van der Waals surface area contributed by atoms with Crippen LogP contribution in [0.15, 0.2) is 0 Å². The van der Waals surface area contributed by atoms with E-state index in [0.717, 1.165) is 0 Å². The largest absolute Gasteiger partial charge is 0.397 e. The quantitative estimate of drug-likeness (QED) is 0.640. The van der Waals surface area contributed by atoms with Crippen LogP contribution in [0.4, 0.5) is 0 Å². The van der Waals surface area contributed by atoms with Gasteiger partial charge in [0.25, 0.3) is 0 Å². The van der Waals surface area contributed by atoms with E-state index in [1.807, 2.05) is 0 Å². The van der Waals surface area contributed by atoms with Crippen molar-refractivity contribution in [2.24, 2.45) is 5.73 Å². The maximum Gasteiger partial charge on any atom is 0.344 e. The summed E-state index contributed by atoms with van der Waals surface area (Å²) in [5.41, 5.74) is 5.17. The molecule has 0 aliphatic rings. The highest BCUT2D eigenvalue weighted by Gasteiger charge is 2.19. The van der Waals surface area contributed by atoms with Crippen LogP contribution in [-0.2, 0) is 13.6 Å². The summed E-state index contributed by atoms with van der Waals surface area (Å²) in [6, 6.07) is 0. The van der Waals surface area contributed by atoms with Crippen LogP contribution >= 0.6 is 7.60 Å². The van der Waals surface area contributed by atoms with E-state index in [2.05, 4.69) is 0 Å². The van der Waals surface area contributed by atoms with Crippen molar-refractivity contribution < 1.29 is 23.8 Å². The predicted octanol–water partition coefficient (Wildman–Crippen LogP) is 1.17. The zero-order chi connectivity index (χ0) is 13.4. The fourth-order valence-corrected chi connectivity index (χ4v) is 1.61. The lowest BCUT2D eigenvalue weighted by Crippen LogP contribution is -2.06. The lowest BCUT2D eigenvalue weighted by molar-refractivity contribution is 0.220. The molecule has 0 bridgehead atoms. The molecule has 0 aromatic carbocycles. The molecular formula is C9H26NO5P. The Bertz CT molecular complexity index is 145. The summed E-state index contributed by atoms with van der Waals surface area (Å²) >= 11 is 0. The monoisotopic (exact) mass is 259 g/mol. The molecule has 0 aliphatic heterocycles. The van der Waals surface area contributed by atoms with E-state index in [-0.39, 0.29) is 19.5 Å². The lowest BCUT2D eigenvalue weighted by Gasteiger charge is -2.13. The number of aliphatic hydroxyl groups is 2. The van der Waals surface area contributed by atoms with Crippen LogP contribution in [0.5, 0.6) is 0 Å². The first-order chi connectivity index (χ1) is 7.51. The Morgan fingerprint density at radius 1 is 1.00 bits per heavy atom. The van der Waals surface area contributed by atoms with Crippen LogP contribution in [0.1, 0.15) is 27.7 Å². The van der Waals surface area contributed by atoms with Gasteiger partial charge in [0.2, 0.25) is 0 Å². The molecule has 0 radical (unpaired) electrons. The third-order valence-electron chi connectivity index (χ3n) is 0.875. The number of rotatable bonds is 5. The Balaban J connectivity index is -0.000000235. The maximum atomic E-state index is 11.2. The topological polar surface area (TPSA) is 102 Å². The Morgan fingerprint density at radius 3 is 1.38 bits per heavy atom. The highest BCUT2D eigenvalue weighted by Crippen LogP contribution is 2.45. The molecule has 4 N–H and O–H groups in total. The molecule has 0 atom stereocenters. The van der Waals surface area contributed by atoms with E-state index in [0.29, 0.717) is 13.2 Å². The first-order valence-electron chi connectivity index (χ1n) is 5.31. The molecule has 0 spiro atoms. The van der Waals surface area contributed by atoms with Gasteiger partial charge in [0, 0.05) is 13.2 Å². The minimum Gasteiger partial charge on any atom is -0.397 e. The molecule has 0 amide bonds. The molecule has 0 saturated heterocycles. The molecule has 102 valence electrons. The molecule has 6 nitrogen and oxygen atoms in total. The third-order valence-corrected chi connectivity index (χ3v) is 2.63. The van der Waals surface area contributed by atoms with Gasteiger partial charge in [-0.15, -0.1) is 0 Å². The normalized spacial score (nSPS) is 9.69. The Hall–Kier alpha value is 0.0300. The lowest BCUT2D eigenvalue weighted by atomic mass is 10.9. The number of nitrogens with two attached hydrogens (primary N) is 1. The summed E-state index contributed by atoms with van der Waals surface area (Å²) < 4.78 is 20.9. The number of hydrogen-bond donors (Lipinski definition) is 3. The molecule has 7 heteroatoms. The van der Waals surface area contributed by atoms with E-state index >= 15 is 0 Å². The zero-order valence-electron chi connectivity index (χ0n) is 10.7. The molecule has 0 aromatic heterocycles. The van der Waals surface area contributed by atoms with Gasteiger partial charge >= 0.3 is 7.60 Å². The Labute approximate surface area is 98.3 Å². The summed E-state index contributed by atoms with van der Waals surface area (Å²) in [4.78, 5) is 0. The van der Waals surface area contributed by atoms with Gasteiger partial charge in [-0.1, -0.05) is 0 Å². The molecule has 0 fully saturated rings. The molecule has 0 unspecified atom stereocenters. The number of hydrogen-bond acceptors (Lipinski definition) is 6. The Morgan fingerprint density at radius 2 is 1.25 bits per heavy atom. The summed E-state index contributed by atoms with van der Waals surface area (Å²) in [6.07, 6.45) is -0.0469. The van der Waals surface area contributed by atoms with Crippen molar-refractivity contribution in [1.82, 2.24) is 0 Å². The molecule has 0 aliphatic carbocycles. The smallest absolute Gasteiger partial charge is 0.344 e. The fourth-order valence-electron chi connectivity index (χ4n) is 0.536. The SMILES string of the molecule is CCO.CCO.CCOP(=O)(CN)OCC. The standard InChI is InChI=1S/C5H14NO3P.2C2H6O/c1-3-8-10(7,5-6)9-4-2;2*1-2-3/h3-6H2,1-2H3;2*3H,2H2,1H3. The maximum absolute atomic E-state index is 11.2. The van der Waals surface area contributed by atoms with Gasteiger partial charge in [-0.2, -0.15) is 0 Å². The van der Waals surface area contributed by atoms with Crippen molar-refractivity contribution >= 4 is 7.60 Å². The highest BCUT2D eigenvalue weighted by atomic mass is 31.2. The highest BCUT2D eigenvalue weighted by molar-refractivity contribution is 7.53. The van der Waals surface area contributed by atoms with Crippen molar-refractivity contribution in [1.29, 1.82) is 0 Å². The third kappa shape index (κ3) is 19.6. The van der Waals surface area contributed by atoms with E-state index in [1.54, 1.807) is 27.7 Å². The minimum atomic E-state index is -2.92. The average Bonchev–Trinajstić information content (AvgIpc) is 2.21. The van der Waals surface area contributed by atoms with E-state index in [1.165, 1.54) is 0 Å². The zero-order valence-corrected chi connectivity index (χ0v) is 11.6. The first kappa shape index (κ1) is 21.3. The molecule has 0 rings (SSSR count). The molecule has 0 saturated carbocycles. The van der Waals surface area contributed by atoms with Crippen molar-refractivity contribution in [3.63, 3.8) is 0 Å². The second-order valence-electron chi connectivity index (χ2n) is 2.26. The van der Waals surface area contributed by atoms with Gasteiger partial charge in [-0.3, -0.25) is 4.57 Å². The average molecular weight is 259 g/mol. The van der Waals surface area contributed by atoms with Crippen molar-refractivity contribution in [3.05, 3.63) is 0 Å². The second kappa shape index (κ2) is 17.4. The first-order valence-corrected chi connectivity index (χ1v) is 7.04. The van der Waals surface area contributed by atoms with Gasteiger partial charge in [-0.25, -0.2) is 0 Å². The fraction of sp³-hybridized carbons (Fsp3) is 1.00. The molecule has 0 aromatic rings. The summed E-state index contributed by atoms with van der Waals surface area (Å²) in [6.45, 7) is 8.10. The summed E-state index contributed by atoms with van der Waals surface area (Å²) in [7, 11) is -2.92. The van der Waals surface area contributed by atoms with E-state index in [4.69, 9.17) is 25.0 Å². The van der Waals surface area contributed by atoms with Crippen LogP contribution in [0, 0.1) is 0 Å². The predicted molar refractivity (Wildman–Crippen MR) is 65.4 cm³/mol. The minimum absolute atomic E-state index is 0.0469. The second-order valence-corrected chi connectivity index (χ2v) is 4.36. The van der Waals surface area contributed by atoms with E-state index < -0.39 is 7.60 Å². The number of aliphatic hydroxyl groups excluding tert-OH is 2. The van der Waals surface area contributed by atoms with Crippen LogP contribution in [0.3, 0.4) is 0 Å². The summed E-state index contributed by atoms with van der Waals surface area (Å²) in [5.74, 6) is 0. The van der Waals surface area contributed by atoms with Crippen LogP contribution in [0.25, 0.3) is 0 Å². The molecule has 0 heterocycles. The molecular weight excluding hydrogens is 233 g/mol. The Kier molecular flexibility index (Phi) is 23.2. The van der Waals surface area contributed by atoms with Crippen LogP contribution in [-0.4, -0.2) is 42.9 Å². The van der Waals surface area contributed by atoms with Crippen LogP contribution < -0.4 is 5.73 Å². The van der Waals surface area contributed by atoms with Gasteiger partial charge in [0.15, 0.2) is 0 Å².